The molecular formula is C21H18N2O5. The number of pyridine rings is 1. The minimum absolute atomic E-state index is 0.187. The van der Waals surface area contributed by atoms with Crippen LogP contribution in [0.15, 0.2) is 72.9 Å². The van der Waals surface area contributed by atoms with Gasteiger partial charge >= 0.3 is 11.7 Å². The molecule has 2 aromatic carbocycles. The average Bonchev–Trinajstić information content (AvgIpc) is 2.70. The zero-order valence-corrected chi connectivity index (χ0v) is 15.1. The summed E-state index contributed by atoms with van der Waals surface area (Å²) in [5.41, 5.74) is 1.48. The Morgan fingerprint density at radius 1 is 0.964 bits per heavy atom. The largest absolute Gasteiger partial charge is 0.618 e. The maximum atomic E-state index is 11.9. The van der Waals surface area contributed by atoms with Crippen molar-refractivity contribution in [1.82, 2.24) is 0 Å². The van der Waals surface area contributed by atoms with Crippen LogP contribution < -0.4 is 14.8 Å². The number of nitrogens with one attached hydrogen (secondary N) is 1. The van der Waals surface area contributed by atoms with Crippen molar-refractivity contribution in [2.24, 2.45) is 0 Å². The van der Waals surface area contributed by atoms with E-state index in [1.165, 1.54) is 24.4 Å². The minimum atomic E-state index is -0.868. The van der Waals surface area contributed by atoms with Crippen molar-refractivity contribution in [3.05, 3.63) is 89.4 Å². The Morgan fingerprint density at radius 2 is 1.61 bits per heavy atom. The monoisotopic (exact) mass is 378 g/mol. The first-order chi connectivity index (χ1) is 13.5. The average molecular weight is 378 g/mol. The van der Waals surface area contributed by atoms with E-state index < -0.39 is 18.5 Å². The number of anilines is 1. The molecule has 7 nitrogen and oxygen atoms in total. The summed E-state index contributed by atoms with van der Waals surface area (Å²) in [4.78, 5) is 23.8. The van der Waals surface area contributed by atoms with E-state index in [0.29, 0.717) is 21.9 Å². The van der Waals surface area contributed by atoms with Gasteiger partial charge in [-0.15, -0.1) is 0 Å². The molecule has 0 saturated heterocycles. The summed E-state index contributed by atoms with van der Waals surface area (Å²) >= 11 is 0. The van der Waals surface area contributed by atoms with Crippen molar-refractivity contribution >= 4 is 17.6 Å². The molecule has 3 aromatic rings. The Balaban J connectivity index is 1.51. The van der Waals surface area contributed by atoms with Gasteiger partial charge in [0.15, 0.2) is 12.8 Å². The lowest BCUT2D eigenvalue weighted by atomic mass is 10.2. The number of carbonyl (C=O) groups is 2. The van der Waals surface area contributed by atoms with Gasteiger partial charge in [-0.3, -0.25) is 4.79 Å². The third-order valence-corrected chi connectivity index (χ3v) is 3.76. The first-order valence-electron chi connectivity index (χ1n) is 8.51. The fraction of sp³-hybridized carbons (Fsp3) is 0.0952. The highest BCUT2D eigenvalue weighted by Crippen LogP contribution is 2.23. The predicted molar refractivity (Wildman–Crippen MR) is 102 cm³/mol. The van der Waals surface area contributed by atoms with Crippen LogP contribution in [0, 0.1) is 12.1 Å². The molecule has 0 bridgehead atoms. The van der Waals surface area contributed by atoms with E-state index in [9.17, 15) is 14.8 Å². The maximum Gasteiger partial charge on any atom is 0.405 e. The Kier molecular flexibility index (Phi) is 5.86. The Labute approximate surface area is 161 Å². The van der Waals surface area contributed by atoms with Crippen molar-refractivity contribution in [2.45, 2.75) is 6.92 Å². The third kappa shape index (κ3) is 5.07. The van der Waals surface area contributed by atoms with Crippen LogP contribution in [-0.4, -0.2) is 18.5 Å². The SMILES string of the molecule is Cc1ccc(Oc2ccc(NC(=O)COC(=O)c3cccc[n+]3[O-])cc2)cc1. The molecule has 0 aliphatic carbocycles. The maximum absolute atomic E-state index is 11.9. The summed E-state index contributed by atoms with van der Waals surface area (Å²) < 4.78 is 11.0. The topological polar surface area (TPSA) is 91.6 Å². The number of nitrogens with zero attached hydrogens (tertiary/aromatic N) is 1. The number of aromatic nitrogens is 1. The molecule has 0 radical (unpaired) electrons. The van der Waals surface area contributed by atoms with Crippen molar-refractivity contribution in [3.63, 3.8) is 0 Å². The van der Waals surface area contributed by atoms with Crippen molar-refractivity contribution in [3.8, 4) is 11.5 Å². The fourth-order valence-corrected chi connectivity index (χ4v) is 2.34. The van der Waals surface area contributed by atoms with Gasteiger partial charge in [0, 0.05) is 17.8 Å². The van der Waals surface area contributed by atoms with Crippen LogP contribution in [0.1, 0.15) is 16.1 Å². The molecule has 0 spiro atoms. The molecule has 0 atom stereocenters. The van der Waals surface area contributed by atoms with E-state index in [-0.39, 0.29) is 5.69 Å². The number of carbonyl (C=O) groups excluding carboxylic acids is 2. The normalized spacial score (nSPS) is 10.2. The number of ether oxygens (including phenoxy) is 2. The first kappa shape index (κ1) is 18.9. The van der Waals surface area contributed by atoms with Crippen LogP contribution in [0.3, 0.4) is 0 Å². The summed E-state index contributed by atoms with van der Waals surface area (Å²) in [6, 6.07) is 18.8. The third-order valence-electron chi connectivity index (χ3n) is 3.76. The molecule has 142 valence electrons. The summed E-state index contributed by atoms with van der Waals surface area (Å²) in [5, 5.41) is 14.1. The fourth-order valence-electron chi connectivity index (χ4n) is 2.34. The highest BCUT2D eigenvalue weighted by atomic mass is 16.5. The zero-order chi connectivity index (χ0) is 19.9. The molecule has 1 aromatic heterocycles. The minimum Gasteiger partial charge on any atom is -0.618 e. The van der Waals surface area contributed by atoms with Gasteiger partial charge < -0.3 is 20.0 Å². The number of aryl methyl sites for hydroxylation is 1. The van der Waals surface area contributed by atoms with Crippen molar-refractivity contribution in [2.75, 3.05) is 11.9 Å². The standard InChI is InChI=1S/C21H18N2O5/c1-15-5-9-17(10-6-15)28-18-11-7-16(8-12-18)22-20(24)14-27-21(25)19-4-2-3-13-23(19)26/h2-13H,14H2,1H3,(H,22,24). The molecule has 0 aliphatic heterocycles. The lowest BCUT2D eigenvalue weighted by Crippen LogP contribution is -2.35. The molecule has 1 heterocycles. The van der Waals surface area contributed by atoms with Crippen LogP contribution in [0.25, 0.3) is 0 Å². The van der Waals surface area contributed by atoms with E-state index in [1.54, 1.807) is 24.3 Å². The molecule has 0 saturated carbocycles. The number of rotatable bonds is 6. The zero-order valence-electron chi connectivity index (χ0n) is 15.1. The lowest BCUT2D eigenvalue weighted by Gasteiger charge is -2.09. The smallest absolute Gasteiger partial charge is 0.405 e. The number of hydrogen-bond acceptors (Lipinski definition) is 5. The summed E-state index contributed by atoms with van der Waals surface area (Å²) in [7, 11) is 0. The summed E-state index contributed by atoms with van der Waals surface area (Å²) in [6.07, 6.45) is 1.18. The quantitative estimate of drug-likeness (QED) is 0.404. The number of amides is 1. The molecule has 1 amide bonds. The number of benzene rings is 2. The second kappa shape index (κ2) is 8.68. The molecule has 1 N–H and O–H groups in total. The van der Waals surface area contributed by atoms with Gasteiger partial charge in [-0.2, -0.15) is 4.73 Å². The molecule has 0 unspecified atom stereocenters. The van der Waals surface area contributed by atoms with Crippen LogP contribution in [0.2, 0.25) is 0 Å². The Bertz CT molecular complexity index is 969. The molecule has 0 fully saturated rings. The first-order valence-corrected chi connectivity index (χ1v) is 8.51. The Morgan fingerprint density at radius 3 is 2.25 bits per heavy atom. The molecule has 3 rings (SSSR count). The van der Waals surface area contributed by atoms with Crippen LogP contribution in [0.4, 0.5) is 5.69 Å². The summed E-state index contributed by atoms with van der Waals surface area (Å²) in [5.74, 6) is -0.0512. The van der Waals surface area contributed by atoms with E-state index in [1.807, 2.05) is 31.2 Å². The van der Waals surface area contributed by atoms with Crippen LogP contribution >= 0.6 is 0 Å². The summed E-state index contributed by atoms with van der Waals surface area (Å²) in [6.45, 7) is 1.49. The lowest BCUT2D eigenvalue weighted by molar-refractivity contribution is -0.608. The van der Waals surface area contributed by atoms with Gasteiger partial charge in [-0.25, -0.2) is 4.79 Å². The van der Waals surface area contributed by atoms with Crippen molar-refractivity contribution < 1.29 is 23.8 Å². The predicted octanol–water partition coefficient (Wildman–Crippen LogP) is 3.22. The van der Waals surface area contributed by atoms with Crippen LogP contribution in [-0.2, 0) is 9.53 Å². The molecule has 28 heavy (non-hydrogen) atoms. The van der Waals surface area contributed by atoms with Gasteiger partial charge in [-0.1, -0.05) is 17.7 Å². The second-order valence-electron chi connectivity index (χ2n) is 5.98. The van der Waals surface area contributed by atoms with Gasteiger partial charge in [0.1, 0.15) is 11.5 Å². The van der Waals surface area contributed by atoms with E-state index in [0.717, 1.165) is 5.56 Å². The molecule has 7 heteroatoms. The van der Waals surface area contributed by atoms with E-state index in [2.05, 4.69) is 5.32 Å². The van der Waals surface area contributed by atoms with E-state index >= 15 is 0 Å². The molecular weight excluding hydrogens is 360 g/mol. The van der Waals surface area contributed by atoms with Gasteiger partial charge in [0.05, 0.1) is 0 Å². The highest BCUT2D eigenvalue weighted by molar-refractivity contribution is 5.94. The van der Waals surface area contributed by atoms with E-state index in [4.69, 9.17) is 9.47 Å². The van der Waals surface area contributed by atoms with Crippen molar-refractivity contribution in [1.29, 1.82) is 0 Å². The van der Waals surface area contributed by atoms with Gasteiger partial charge in [0.2, 0.25) is 0 Å². The number of esters is 1. The number of hydrogen-bond donors (Lipinski definition) is 1. The molecule has 0 aliphatic rings. The van der Waals surface area contributed by atoms with Crippen LogP contribution in [0.5, 0.6) is 11.5 Å². The van der Waals surface area contributed by atoms with Gasteiger partial charge in [-0.05, 0) is 49.4 Å². The highest BCUT2D eigenvalue weighted by Gasteiger charge is 2.18. The Hall–Kier alpha value is -3.87. The van der Waals surface area contributed by atoms with Gasteiger partial charge in [0.25, 0.3) is 5.91 Å². The second-order valence-corrected chi connectivity index (χ2v) is 5.98.